The largest absolute Gasteiger partial charge is 0.480 e. The van der Waals surface area contributed by atoms with E-state index in [4.69, 9.17) is 4.74 Å². The van der Waals surface area contributed by atoms with Crippen molar-refractivity contribution < 1.29 is 44.6 Å². The Bertz CT molecular complexity index is 1240. The third-order valence-electron chi connectivity index (χ3n) is 6.63. The smallest absolute Gasteiger partial charge is 0.433 e. The van der Waals surface area contributed by atoms with Gasteiger partial charge in [-0.2, -0.15) is 22.0 Å². The highest BCUT2D eigenvalue weighted by Crippen LogP contribution is 2.38. The molecular weight excluding hydrogens is 520 g/mol. The monoisotopic (exact) mass is 544 g/mol. The van der Waals surface area contributed by atoms with Crippen LogP contribution in [0.15, 0.2) is 54.6 Å². The Morgan fingerprint density at radius 1 is 0.737 bits per heavy atom. The van der Waals surface area contributed by atoms with Gasteiger partial charge in [-0.3, -0.25) is 0 Å². The lowest BCUT2D eigenvalue weighted by atomic mass is 9.79. The molecule has 0 spiro atoms. The SMILES string of the molecule is CC1CCC(c2ccc(-c3ccc(OCC(F)(F)Oc4cc(F)c(C(F)(F)F)c(F)c4)c(F)c3)cc2)CC1. The Labute approximate surface area is 214 Å². The quantitative estimate of drug-likeness (QED) is 0.276. The summed E-state index contributed by atoms with van der Waals surface area (Å²) in [5.41, 5.74) is 0.210. The third-order valence-corrected chi connectivity index (χ3v) is 6.63. The second-order valence-corrected chi connectivity index (χ2v) is 9.51. The summed E-state index contributed by atoms with van der Waals surface area (Å²) in [6.07, 6.45) is -4.99. The highest BCUT2D eigenvalue weighted by molar-refractivity contribution is 5.64. The molecule has 0 saturated heterocycles. The second kappa shape index (κ2) is 10.8. The molecule has 204 valence electrons. The molecule has 10 heteroatoms. The molecule has 0 unspecified atom stereocenters. The minimum atomic E-state index is -5.36. The van der Waals surface area contributed by atoms with Crippen LogP contribution in [0.2, 0.25) is 0 Å². The highest BCUT2D eigenvalue weighted by atomic mass is 19.4. The van der Waals surface area contributed by atoms with Crippen LogP contribution in [-0.4, -0.2) is 12.7 Å². The molecule has 38 heavy (non-hydrogen) atoms. The molecule has 0 N–H and O–H groups in total. The second-order valence-electron chi connectivity index (χ2n) is 9.51. The van der Waals surface area contributed by atoms with Crippen LogP contribution < -0.4 is 9.47 Å². The summed E-state index contributed by atoms with van der Waals surface area (Å²) >= 11 is 0. The van der Waals surface area contributed by atoms with Gasteiger partial charge in [0, 0.05) is 12.1 Å². The summed E-state index contributed by atoms with van der Waals surface area (Å²) in [4.78, 5) is 0. The minimum absolute atomic E-state index is 0.0186. The first-order chi connectivity index (χ1) is 17.8. The van der Waals surface area contributed by atoms with Gasteiger partial charge in [0.2, 0.25) is 0 Å². The first-order valence-corrected chi connectivity index (χ1v) is 12.0. The average Bonchev–Trinajstić information content (AvgIpc) is 2.82. The van der Waals surface area contributed by atoms with E-state index >= 15 is 0 Å². The summed E-state index contributed by atoms with van der Waals surface area (Å²) < 4.78 is 117. The molecule has 0 aromatic heterocycles. The zero-order valence-corrected chi connectivity index (χ0v) is 20.2. The van der Waals surface area contributed by atoms with Crippen molar-refractivity contribution in [1.29, 1.82) is 0 Å². The Hall–Kier alpha value is -3.30. The van der Waals surface area contributed by atoms with Crippen molar-refractivity contribution >= 4 is 0 Å². The number of alkyl halides is 5. The van der Waals surface area contributed by atoms with Crippen molar-refractivity contribution in [3.63, 3.8) is 0 Å². The number of hydrogen-bond donors (Lipinski definition) is 0. The van der Waals surface area contributed by atoms with Gasteiger partial charge in [0.15, 0.2) is 18.2 Å². The van der Waals surface area contributed by atoms with Gasteiger partial charge in [0.25, 0.3) is 0 Å². The van der Waals surface area contributed by atoms with Gasteiger partial charge in [0.05, 0.1) is 0 Å². The lowest BCUT2D eigenvalue weighted by Gasteiger charge is -2.26. The van der Waals surface area contributed by atoms with Crippen LogP contribution in [-0.2, 0) is 6.18 Å². The van der Waals surface area contributed by atoms with Crippen LogP contribution in [0.5, 0.6) is 11.5 Å². The van der Waals surface area contributed by atoms with Crippen LogP contribution in [0, 0.1) is 23.4 Å². The fourth-order valence-electron chi connectivity index (χ4n) is 4.58. The predicted molar refractivity (Wildman–Crippen MR) is 125 cm³/mol. The van der Waals surface area contributed by atoms with Gasteiger partial charge >= 0.3 is 12.3 Å². The molecule has 0 amide bonds. The molecule has 1 aliphatic carbocycles. The van der Waals surface area contributed by atoms with Crippen molar-refractivity contribution in [3.05, 3.63) is 83.2 Å². The van der Waals surface area contributed by atoms with Gasteiger partial charge in [-0.25, -0.2) is 13.2 Å². The van der Waals surface area contributed by atoms with E-state index in [1.165, 1.54) is 24.5 Å². The topological polar surface area (TPSA) is 18.5 Å². The van der Waals surface area contributed by atoms with E-state index in [-0.39, 0.29) is 12.1 Å². The van der Waals surface area contributed by atoms with E-state index in [0.29, 0.717) is 11.5 Å². The standard InChI is InChI=1S/C28H24F8O2/c1-16-2-4-17(5-3-16)18-6-8-19(9-7-18)20-10-11-25(22(29)12-20)37-15-27(32,33)38-21-13-23(30)26(24(31)14-21)28(34,35)36/h6-14,16-17H,2-5,15H2,1H3. The molecular formula is C28H24F8O2. The van der Waals surface area contributed by atoms with Crippen LogP contribution in [0.25, 0.3) is 11.1 Å². The molecule has 0 atom stereocenters. The Balaban J connectivity index is 1.39. The molecule has 1 aliphatic rings. The van der Waals surface area contributed by atoms with Gasteiger partial charge in [-0.05, 0) is 53.5 Å². The van der Waals surface area contributed by atoms with Gasteiger partial charge in [-0.15, -0.1) is 0 Å². The highest BCUT2D eigenvalue weighted by Gasteiger charge is 2.39. The predicted octanol–water partition coefficient (Wildman–Crippen LogP) is 9.13. The minimum Gasteiger partial charge on any atom is -0.480 e. The molecule has 3 aromatic carbocycles. The number of hydrogen-bond acceptors (Lipinski definition) is 2. The molecule has 1 fully saturated rings. The molecule has 0 bridgehead atoms. The summed E-state index contributed by atoms with van der Waals surface area (Å²) in [5.74, 6) is -5.67. The van der Waals surface area contributed by atoms with Crippen molar-refractivity contribution in [1.82, 2.24) is 0 Å². The van der Waals surface area contributed by atoms with Crippen LogP contribution >= 0.6 is 0 Å². The molecule has 0 heterocycles. The van der Waals surface area contributed by atoms with E-state index in [2.05, 4.69) is 11.7 Å². The fraction of sp³-hybridized carbons (Fsp3) is 0.357. The van der Waals surface area contributed by atoms with E-state index in [9.17, 15) is 35.1 Å². The normalized spacial score (nSPS) is 18.3. The fourth-order valence-corrected chi connectivity index (χ4v) is 4.58. The maximum Gasteiger partial charge on any atom is 0.433 e. The van der Waals surface area contributed by atoms with Gasteiger partial charge < -0.3 is 9.47 Å². The molecule has 3 aromatic rings. The van der Waals surface area contributed by atoms with Crippen LogP contribution in [0.3, 0.4) is 0 Å². The van der Waals surface area contributed by atoms with E-state index in [1.54, 1.807) is 0 Å². The third kappa shape index (κ3) is 6.57. The lowest BCUT2D eigenvalue weighted by Crippen LogP contribution is -2.32. The van der Waals surface area contributed by atoms with Crippen LogP contribution in [0.1, 0.15) is 49.7 Å². The van der Waals surface area contributed by atoms with Crippen LogP contribution in [0.4, 0.5) is 35.1 Å². The molecule has 1 saturated carbocycles. The van der Waals surface area contributed by atoms with Crippen molar-refractivity contribution in [3.8, 4) is 22.6 Å². The maximum absolute atomic E-state index is 14.6. The van der Waals surface area contributed by atoms with Gasteiger partial charge in [-0.1, -0.05) is 50.1 Å². The average molecular weight is 544 g/mol. The molecule has 4 rings (SSSR count). The number of ether oxygens (including phenoxy) is 2. The van der Waals surface area contributed by atoms with Crippen molar-refractivity contribution in [2.45, 2.75) is 50.8 Å². The van der Waals surface area contributed by atoms with Crippen molar-refractivity contribution in [2.75, 3.05) is 6.61 Å². The number of benzene rings is 3. The Morgan fingerprint density at radius 3 is 1.87 bits per heavy atom. The summed E-state index contributed by atoms with van der Waals surface area (Å²) in [7, 11) is 0. The molecule has 2 nitrogen and oxygen atoms in total. The van der Waals surface area contributed by atoms with E-state index in [1.807, 2.05) is 24.3 Å². The Morgan fingerprint density at radius 2 is 1.32 bits per heavy atom. The lowest BCUT2D eigenvalue weighted by molar-refractivity contribution is -0.196. The van der Waals surface area contributed by atoms with E-state index < -0.39 is 53.4 Å². The number of halogens is 8. The Kier molecular flexibility index (Phi) is 7.90. The number of rotatable bonds is 7. The van der Waals surface area contributed by atoms with E-state index in [0.717, 1.165) is 36.5 Å². The zero-order chi connectivity index (χ0) is 27.7. The maximum atomic E-state index is 14.6. The molecule has 0 aliphatic heterocycles. The summed E-state index contributed by atoms with van der Waals surface area (Å²) in [6.45, 7) is 0.680. The first-order valence-electron chi connectivity index (χ1n) is 12.0. The summed E-state index contributed by atoms with van der Waals surface area (Å²) in [6, 6.07) is 11.5. The van der Waals surface area contributed by atoms with Crippen molar-refractivity contribution in [2.24, 2.45) is 5.92 Å². The first kappa shape index (κ1) is 27.7. The van der Waals surface area contributed by atoms with Gasteiger partial charge in [0.1, 0.15) is 22.9 Å². The molecule has 0 radical (unpaired) electrons. The zero-order valence-electron chi connectivity index (χ0n) is 20.2. The summed E-state index contributed by atoms with van der Waals surface area (Å²) in [5, 5.41) is 0.